The molecule has 1 N–H and O–H groups in total. The fourth-order valence-electron chi connectivity index (χ4n) is 2.75. The van der Waals surface area contributed by atoms with Crippen LogP contribution >= 0.6 is 0 Å². The van der Waals surface area contributed by atoms with Crippen molar-refractivity contribution in [1.29, 1.82) is 0 Å². The summed E-state index contributed by atoms with van der Waals surface area (Å²) in [6, 6.07) is 0.597. The lowest BCUT2D eigenvalue weighted by molar-refractivity contribution is 0.0382. The molecule has 102 valence electrons. The molecule has 1 fully saturated rings. The Morgan fingerprint density at radius 2 is 1.71 bits per heavy atom. The highest BCUT2D eigenvalue weighted by molar-refractivity contribution is 4.85. The van der Waals surface area contributed by atoms with Crippen LogP contribution in [-0.2, 0) is 4.74 Å². The third-order valence-electron chi connectivity index (χ3n) is 3.88. The van der Waals surface area contributed by atoms with E-state index < -0.39 is 0 Å². The average molecular weight is 241 g/mol. The van der Waals surface area contributed by atoms with Crippen LogP contribution in [0.4, 0.5) is 0 Å². The highest BCUT2D eigenvalue weighted by Crippen LogP contribution is 2.38. The van der Waals surface area contributed by atoms with Gasteiger partial charge in [0, 0.05) is 19.2 Å². The molecule has 0 aromatic heterocycles. The van der Waals surface area contributed by atoms with E-state index in [0.717, 1.165) is 6.61 Å². The smallest absolute Gasteiger partial charge is 0.0518 e. The van der Waals surface area contributed by atoms with Gasteiger partial charge in [-0.15, -0.1) is 0 Å². The molecule has 0 radical (unpaired) electrons. The molecule has 0 amide bonds. The van der Waals surface area contributed by atoms with Crippen LogP contribution in [0.1, 0.15) is 66.2 Å². The van der Waals surface area contributed by atoms with E-state index in [1.807, 2.05) is 0 Å². The van der Waals surface area contributed by atoms with Crippen LogP contribution in [0.25, 0.3) is 0 Å². The van der Waals surface area contributed by atoms with E-state index in [0.29, 0.717) is 17.6 Å². The molecule has 0 bridgehead atoms. The van der Waals surface area contributed by atoms with Gasteiger partial charge in [0.05, 0.1) is 6.10 Å². The first kappa shape index (κ1) is 15.0. The Kier molecular flexibility index (Phi) is 6.50. The maximum atomic E-state index is 5.75. The monoisotopic (exact) mass is 241 g/mol. The van der Waals surface area contributed by atoms with Crippen LogP contribution in [0.15, 0.2) is 0 Å². The predicted octanol–water partition coefficient (Wildman–Crippen LogP) is 3.75. The predicted molar refractivity (Wildman–Crippen MR) is 74.4 cm³/mol. The molecule has 1 rings (SSSR count). The van der Waals surface area contributed by atoms with Gasteiger partial charge < -0.3 is 10.1 Å². The van der Waals surface area contributed by atoms with Crippen molar-refractivity contribution >= 4 is 0 Å². The van der Waals surface area contributed by atoms with E-state index in [1.54, 1.807) is 0 Å². The van der Waals surface area contributed by atoms with Crippen LogP contribution < -0.4 is 5.32 Å². The van der Waals surface area contributed by atoms with Crippen molar-refractivity contribution in [2.24, 2.45) is 5.41 Å². The molecule has 1 aliphatic carbocycles. The summed E-state index contributed by atoms with van der Waals surface area (Å²) in [5.74, 6) is 0. The van der Waals surface area contributed by atoms with E-state index in [-0.39, 0.29) is 0 Å². The summed E-state index contributed by atoms with van der Waals surface area (Å²) < 4.78 is 5.75. The molecular formula is C15H31NO. The molecule has 2 heteroatoms. The minimum Gasteiger partial charge on any atom is -0.379 e. The lowest BCUT2D eigenvalue weighted by Crippen LogP contribution is -2.40. The highest BCUT2D eigenvalue weighted by atomic mass is 16.5. The fourth-order valence-corrected chi connectivity index (χ4v) is 2.75. The van der Waals surface area contributed by atoms with Crippen molar-refractivity contribution in [3.8, 4) is 0 Å². The molecule has 1 aliphatic rings. The summed E-state index contributed by atoms with van der Waals surface area (Å²) in [4.78, 5) is 0. The Labute approximate surface area is 108 Å². The summed E-state index contributed by atoms with van der Waals surface area (Å²) >= 11 is 0. The second-order valence-electron chi connectivity index (χ2n) is 6.27. The van der Waals surface area contributed by atoms with E-state index in [9.17, 15) is 0 Å². The van der Waals surface area contributed by atoms with Crippen LogP contribution in [0.2, 0.25) is 0 Å². The molecule has 0 heterocycles. The van der Waals surface area contributed by atoms with Crippen molar-refractivity contribution in [2.45, 2.75) is 78.4 Å². The Hall–Kier alpha value is -0.0800. The van der Waals surface area contributed by atoms with E-state index in [1.165, 1.54) is 45.1 Å². The van der Waals surface area contributed by atoms with E-state index >= 15 is 0 Å². The summed E-state index contributed by atoms with van der Waals surface area (Å²) in [6.45, 7) is 10.8. The number of hydrogen-bond donors (Lipinski definition) is 1. The Bertz CT molecular complexity index is 195. The summed E-state index contributed by atoms with van der Waals surface area (Å²) in [7, 11) is 0. The number of hydrogen-bond acceptors (Lipinski definition) is 2. The number of nitrogens with one attached hydrogen (secondary N) is 1. The van der Waals surface area contributed by atoms with Crippen molar-refractivity contribution < 1.29 is 4.74 Å². The molecule has 1 saturated carbocycles. The van der Waals surface area contributed by atoms with E-state index in [2.05, 4.69) is 33.0 Å². The first-order chi connectivity index (χ1) is 8.04. The van der Waals surface area contributed by atoms with Crippen molar-refractivity contribution in [2.75, 3.05) is 13.2 Å². The van der Waals surface area contributed by atoms with Crippen molar-refractivity contribution in [3.63, 3.8) is 0 Å². The van der Waals surface area contributed by atoms with Crippen molar-refractivity contribution in [1.82, 2.24) is 5.32 Å². The molecule has 2 nitrogen and oxygen atoms in total. The minimum atomic E-state index is 0.369. The number of rotatable bonds is 7. The lowest BCUT2D eigenvalue weighted by Gasteiger charge is -2.38. The number of ether oxygens (including phenoxy) is 1. The standard InChI is InChI=1S/C15H31NO/c1-13(2)16-12-15(8-6-5-7-9-15)10-11-17-14(3)4/h13-14,16H,5-12H2,1-4H3. The highest BCUT2D eigenvalue weighted by Gasteiger charge is 2.31. The minimum absolute atomic E-state index is 0.369. The molecule has 0 atom stereocenters. The molecule has 0 aromatic carbocycles. The molecule has 17 heavy (non-hydrogen) atoms. The Morgan fingerprint density at radius 3 is 2.24 bits per heavy atom. The third kappa shape index (κ3) is 5.87. The average Bonchev–Trinajstić information content (AvgIpc) is 2.27. The van der Waals surface area contributed by atoms with Crippen LogP contribution in [0.3, 0.4) is 0 Å². The largest absolute Gasteiger partial charge is 0.379 e. The van der Waals surface area contributed by atoms with Gasteiger partial charge in [0.1, 0.15) is 0 Å². The van der Waals surface area contributed by atoms with Crippen LogP contribution in [-0.4, -0.2) is 25.3 Å². The summed E-state index contributed by atoms with van der Waals surface area (Å²) in [5.41, 5.74) is 0.511. The normalized spacial score (nSPS) is 20.1. The maximum Gasteiger partial charge on any atom is 0.0518 e. The second-order valence-corrected chi connectivity index (χ2v) is 6.27. The quantitative estimate of drug-likeness (QED) is 0.733. The molecule has 0 saturated heterocycles. The first-order valence-corrected chi connectivity index (χ1v) is 7.39. The molecular weight excluding hydrogens is 210 g/mol. The van der Waals surface area contributed by atoms with Gasteiger partial charge in [0.25, 0.3) is 0 Å². The SMILES string of the molecule is CC(C)NCC1(CCOC(C)C)CCCCC1. The molecule has 0 unspecified atom stereocenters. The Morgan fingerprint density at radius 1 is 1.06 bits per heavy atom. The van der Waals surface area contributed by atoms with Crippen molar-refractivity contribution in [3.05, 3.63) is 0 Å². The molecule has 0 aromatic rings. The molecule has 0 aliphatic heterocycles. The zero-order valence-electron chi connectivity index (χ0n) is 12.2. The van der Waals surface area contributed by atoms with Gasteiger partial charge in [0.15, 0.2) is 0 Å². The van der Waals surface area contributed by atoms with Crippen LogP contribution in [0.5, 0.6) is 0 Å². The lowest BCUT2D eigenvalue weighted by atomic mass is 9.72. The summed E-state index contributed by atoms with van der Waals surface area (Å²) in [6.07, 6.45) is 8.60. The van der Waals surface area contributed by atoms with Gasteiger partial charge in [0.2, 0.25) is 0 Å². The maximum absolute atomic E-state index is 5.75. The zero-order valence-corrected chi connectivity index (χ0v) is 12.2. The van der Waals surface area contributed by atoms with E-state index in [4.69, 9.17) is 4.74 Å². The van der Waals surface area contributed by atoms with Gasteiger partial charge >= 0.3 is 0 Å². The van der Waals surface area contributed by atoms with Gasteiger partial charge in [-0.25, -0.2) is 0 Å². The topological polar surface area (TPSA) is 21.3 Å². The molecule has 0 spiro atoms. The van der Waals surface area contributed by atoms with Crippen LogP contribution in [0, 0.1) is 5.41 Å². The van der Waals surface area contributed by atoms with Gasteiger partial charge in [-0.3, -0.25) is 0 Å². The van der Waals surface area contributed by atoms with Gasteiger partial charge in [-0.1, -0.05) is 33.1 Å². The third-order valence-corrected chi connectivity index (χ3v) is 3.88. The summed E-state index contributed by atoms with van der Waals surface area (Å²) in [5, 5.41) is 3.64. The Balaban J connectivity index is 2.40. The van der Waals surface area contributed by atoms with Gasteiger partial charge in [-0.2, -0.15) is 0 Å². The second kappa shape index (κ2) is 7.38. The zero-order chi connectivity index (χ0) is 12.7. The van der Waals surface area contributed by atoms with Gasteiger partial charge in [-0.05, 0) is 38.5 Å². The fraction of sp³-hybridized carbons (Fsp3) is 1.00. The first-order valence-electron chi connectivity index (χ1n) is 7.39.